The van der Waals surface area contributed by atoms with E-state index in [1.165, 1.54) is 0 Å². The number of aliphatic hydroxyl groups is 1. The van der Waals surface area contributed by atoms with Gasteiger partial charge in [-0.15, -0.1) is 0 Å². The maximum Gasteiger partial charge on any atom is 0.255 e. The average molecular weight is 453 g/mol. The maximum absolute atomic E-state index is 12.7. The Morgan fingerprint density at radius 2 is 2.25 bits per heavy atom. The van der Waals surface area contributed by atoms with Crippen LogP contribution in [0.1, 0.15) is 16.8 Å². The first-order valence-corrected chi connectivity index (χ1v) is 8.34. The molecule has 1 N–H and O–H groups in total. The van der Waals surface area contributed by atoms with Crippen LogP contribution in [0.15, 0.2) is 22.7 Å². The molecule has 1 aliphatic heterocycles. The molecule has 110 valence electrons. The lowest BCUT2D eigenvalue weighted by molar-refractivity contribution is 0.0698. The fourth-order valence-electron chi connectivity index (χ4n) is 2.55. The molecular formula is C14H18BrIN2O2. The highest BCUT2D eigenvalue weighted by molar-refractivity contribution is 14.1. The van der Waals surface area contributed by atoms with Gasteiger partial charge in [0.05, 0.1) is 11.7 Å². The lowest BCUT2D eigenvalue weighted by Crippen LogP contribution is -2.41. The van der Waals surface area contributed by atoms with E-state index in [1.807, 2.05) is 37.2 Å². The van der Waals surface area contributed by atoms with E-state index in [0.29, 0.717) is 18.5 Å². The number of likely N-dealkylation sites (tertiary alicyclic amines) is 1. The predicted octanol–water partition coefficient (Wildman–Crippen LogP) is 2.19. The van der Waals surface area contributed by atoms with E-state index in [-0.39, 0.29) is 11.9 Å². The summed E-state index contributed by atoms with van der Waals surface area (Å²) >= 11 is 5.64. The lowest BCUT2D eigenvalue weighted by atomic mass is 10.1. The minimum absolute atomic E-state index is 0.0150. The number of aliphatic hydroxyl groups excluding tert-OH is 1. The van der Waals surface area contributed by atoms with Crippen molar-refractivity contribution >= 4 is 44.4 Å². The molecule has 0 aromatic heterocycles. The third-order valence-corrected chi connectivity index (χ3v) is 4.75. The van der Waals surface area contributed by atoms with Crippen LogP contribution in [0.5, 0.6) is 0 Å². The minimum Gasteiger partial charge on any atom is -0.391 e. The molecule has 20 heavy (non-hydrogen) atoms. The average Bonchev–Trinajstić information content (AvgIpc) is 2.71. The van der Waals surface area contributed by atoms with Crippen LogP contribution in [-0.2, 0) is 0 Å². The summed E-state index contributed by atoms with van der Waals surface area (Å²) in [5.74, 6) is -0.0150. The van der Waals surface area contributed by atoms with Crippen LogP contribution in [-0.4, -0.2) is 60.1 Å². The van der Waals surface area contributed by atoms with E-state index < -0.39 is 6.10 Å². The standard InChI is InChI=1S/C14H18BrIN2O2/c1-17(2)7-10-6-11(19)8-18(10)14(20)12-5-9(16)3-4-13(12)15/h3-5,10-11,19H,6-8H2,1-2H3. The molecule has 0 radical (unpaired) electrons. The summed E-state index contributed by atoms with van der Waals surface area (Å²) in [4.78, 5) is 16.6. The van der Waals surface area contributed by atoms with Crippen molar-refractivity contribution in [2.75, 3.05) is 27.2 Å². The van der Waals surface area contributed by atoms with Crippen LogP contribution in [0.4, 0.5) is 0 Å². The normalized spacial score (nSPS) is 22.6. The number of carbonyl (C=O) groups is 1. The van der Waals surface area contributed by atoms with Gasteiger partial charge in [-0.1, -0.05) is 0 Å². The van der Waals surface area contributed by atoms with E-state index in [2.05, 4.69) is 38.5 Å². The highest BCUT2D eigenvalue weighted by atomic mass is 127. The summed E-state index contributed by atoms with van der Waals surface area (Å²) < 4.78 is 1.82. The van der Waals surface area contributed by atoms with E-state index in [9.17, 15) is 9.90 Å². The third kappa shape index (κ3) is 3.72. The Kier molecular flexibility index (Phi) is 5.44. The Bertz CT molecular complexity index is 510. The molecule has 2 atom stereocenters. The van der Waals surface area contributed by atoms with E-state index in [4.69, 9.17) is 0 Å². The molecule has 1 aliphatic rings. The highest BCUT2D eigenvalue weighted by Crippen LogP contribution is 2.26. The first kappa shape index (κ1) is 16.2. The number of β-amino-alcohol motifs (C(OH)–C–C–N with tert-alkyl or cyclic N) is 1. The van der Waals surface area contributed by atoms with Gasteiger partial charge in [0.1, 0.15) is 0 Å². The molecule has 0 aliphatic carbocycles. The van der Waals surface area contributed by atoms with Crippen molar-refractivity contribution in [3.8, 4) is 0 Å². The molecule has 2 rings (SSSR count). The first-order chi connectivity index (χ1) is 9.38. The monoisotopic (exact) mass is 452 g/mol. The van der Waals surface area contributed by atoms with Crippen molar-refractivity contribution in [2.45, 2.75) is 18.6 Å². The van der Waals surface area contributed by atoms with Gasteiger partial charge in [0.15, 0.2) is 0 Å². The van der Waals surface area contributed by atoms with Crippen molar-refractivity contribution in [2.24, 2.45) is 0 Å². The van der Waals surface area contributed by atoms with E-state index in [1.54, 1.807) is 4.90 Å². The number of hydrogen-bond donors (Lipinski definition) is 1. The zero-order valence-electron chi connectivity index (χ0n) is 11.5. The van der Waals surface area contributed by atoms with Crippen LogP contribution < -0.4 is 0 Å². The fraction of sp³-hybridized carbons (Fsp3) is 0.500. The number of benzene rings is 1. The van der Waals surface area contributed by atoms with Crippen LogP contribution in [0.25, 0.3) is 0 Å². The maximum atomic E-state index is 12.7. The zero-order chi connectivity index (χ0) is 14.9. The molecule has 6 heteroatoms. The molecule has 2 unspecified atom stereocenters. The Labute approximate surface area is 141 Å². The van der Waals surface area contributed by atoms with Gasteiger partial charge >= 0.3 is 0 Å². The molecule has 1 amide bonds. The molecule has 4 nitrogen and oxygen atoms in total. The van der Waals surface area contributed by atoms with E-state index >= 15 is 0 Å². The van der Waals surface area contributed by atoms with E-state index in [0.717, 1.165) is 14.6 Å². The highest BCUT2D eigenvalue weighted by Gasteiger charge is 2.35. The third-order valence-electron chi connectivity index (χ3n) is 3.39. The molecule has 1 aromatic rings. The van der Waals surface area contributed by atoms with Crippen LogP contribution in [0.2, 0.25) is 0 Å². The number of carbonyl (C=O) groups excluding carboxylic acids is 1. The second-order valence-corrected chi connectivity index (χ2v) is 7.49. The van der Waals surface area contributed by atoms with Crippen molar-refractivity contribution < 1.29 is 9.90 Å². The largest absolute Gasteiger partial charge is 0.391 e. The van der Waals surface area contributed by atoms with Crippen LogP contribution in [0.3, 0.4) is 0 Å². The Balaban J connectivity index is 2.24. The molecule has 0 spiro atoms. The van der Waals surface area contributed by atoms with Crippen molar-refractivity contribution in [1.29, 1.82) is 0 Å². The second kappa shape index (κ2) is 6.72. The number of hydrogen-bond acceptors (Lipinski definition) is 3. The first-order valence-electron chi connectivity index (χ1n) is 6.47. The molecule has 1 fully saturated rings. The molecule has 1 saturated heterocycles. The molecule has 0 bridgehead atoms. The number of halogens is 2. The summed E-state index contributed by atoms with van der Waals surface area (Å²) in [6, 6.07) is 5.79. The smallest absolute Gasteiger partial charge is 0.255 e. The lowest BCUT2D eigenvalue weighted by Gasteiger charge is -2.27. The summed E-state index contributed by atoms with van der Waals surface area (Å²) in [5, 5.41) is 9.88. The SMILES string of the molecule is CN(C)CC1CC(O)CN1C(=O)c1cc(I)ccc1Br. The van der Waals surface area contributed by atoms with Gasteiger partial charge in [0.2, 0.25) is 0 Å². The molecule has 1 aromatic carbocycles. The van der Waals surface area contributed by atoms with Gasteiger partial charge in [0.25, 0.3) is 5.91 Å². The van der Waals surface area contributed by atoms with Crippen molar-refractivity contribution in [3.63, 3.8) is 0 Å². The van der Waals surface area contributed by atoms with Gasteiger partial charge in [-0.2, -0.15) is 0 Å². The quantitative estimate of drug-likeness (QED) is 0.715. The van der Waals surface area contributed by atoms with Crippen LogP contribution in [0, 0.1) is 3.57 Å². The van der Waals surface area contributed by atoms with Gasteiger partial charge in [0, 0.05) is 27.2 Å². The zero-order valence-corrected chi connectivity index (χ0v) is 15.3. The Hall–Kier alpha value is -0.180. The molecular weight excluding hydrogens is 435 g/mol. The number of rotatable bonds is 3. The van der Waals surface area contributed by atoms with Gasteiger partial charge in [-0.05, 0) is 77.2 Å². The Morgan fingerprint density at radius 3 is 2.90 bits per heavy atom. The second-order valence-electron chi connectivity index (χ2n) is 5.39. The van der Waals surface area contributed by atoms with Crippen molar-refractivity contribution in [1.82, 2.24) is 9.80 Å². The molecule has 0 saturated carbocycles. The van der Waals surface area contributed by atoms with Crippen LogP contribution >= 0.6 is 38.5 Å². The summed E-state index contributed by atoms with van der Waals surface area (Å²) in [6.45, 7) is 1.18. The summed E-state index contributed by atoms with van der Waals surface area (Å²) in [5.41, 5.74) is 0.662. The number of likely N-dealkylation sites (N-methyl/N-ethyl adjacent to an activating group) is 1. The van der Waals surface area contributed by atoms with Gasteiger partial charge in [-0.25, -0.2) is 0 Å². The van der Waals surface area contributed by atoms with Gasteiger partial charge in [-0.3, -0.25) is 4.79 Å². The molecule has 1 heterocycles. The summed E-state index contributed by atoms with van der Waals surface area (Å²) in [7, 11) is 3.96. The predicted molar refractivity (Wildman–Crippen MR) is 90.9 cm³/mol. The number of amides is 1. The Morgan fingerprint density at radius 1 is 1.55 bits per heavy atom. The number of nitrogens with zero attached hydrogens (tertiary/aromatic N) is 2. The van der Waals surface area contributed by atoms with Crippen molar-refractivity contribution in [3.05, 3.63) is 31.8 Å². The minimum atomic E-state index is -0.426. The fourth-order valence-corrected chi connectivity index (χ4v) is 3.46. The topological polar surface area (TPSA) is 43.8 Å². The van der Waals surface area contributed by atoms with Gasteiger partial charge < -0.3 is 14.9 Å². The summed E-state index contributed by atoms with van der Waals surface area (Å²) in [6.07, 6.45) is 0.219.